The van der Waals surface area contributed by atoms with E-state index in [1.807, 2.05) is 17.7 Å². The Bertz CT molecular complexity index is 551. The molecule has 0 aliphatic carbocycles. The lowest BCUT2D eigenvalue weighted by atomic mass is 10.3. The molecule has 0 saturated carbocycles. The maximum atomic E-state index is 13.7. The Hall–Kier alpha value is -1.36. The summed E-state index contributed by atoms with van der Waals surface area (Å²) in [4.78, 5) is 4.36. The summed E-state index contributed by atoms with van der Waals surface area (Å²) in [7, 11) is 0. The van der Waals surface area contributed by atoms with Crippen molar-refractivity contribution >= 4 is 27.6 Å². The van der Waals surface area contributed by atoms with Crippen molar-refractivity contribution in [1.29, 1.82) is 0 Å². The Kier molecular flexibility index (Phi) is 4.01. The molecule has 0 atom stereocenters. The Morgan fingerprint density at radius 3 is 2.89 bits per heavy atom. The van der Waals surface area contributed by atoms with Gasteiger partial charge in [0.1, 0.15) is 5.82 Å². The van der Waals surface area contributed by atoms with E-state index >= 15 is 0 Å². The number of hydrogen-bond acceptors (Lipinski definition) is 2. The van der Waals surface area contributed by atoms with Crippen molar-refractivity contribution in [1.82, 2.24) is 9.55 Å². The molecule has 0 amide bonds. The third kappa shape index (κ3) is 2.90. The zero-order valence-corrected chi connectivity index (χ0v) is 12.0. The van der Waals surface area contributed by atoms with Crippen LogP contribution in [0, 0.1) is 12.7 Å². The van der Waals surface area contributed by atoms with E-state index in [1.165, 1.54) is 6.07 Å². The maximum Gasteiger partial charge on any atom is 0.207 e. The fourth-order valence-corrected chi connectivity index (χ4v) is 2.10. The number of aromatic nitrogens is 2. The summed E-state index contributed by atoms with van der Waals surface area (Å²) in [6.45, 7) is 4.88. The molecule has 0 radical (unpaired) electrons. The van der Waals surface area contributed by atoms with Crippen LogP contribution in [-0.4, -0.2) is 9.55 Å². The van der Waals surface area contributed by atoms with Crippen LogP contribution in [0.5, 0.6) is 0 Å². The first kappa shape index (κ1) is 13.1. The molecule has 0 aliphatic heterocycles. The van der Waals surface area contributed by atoms with Gasteiger partial charge in [0.2, 0.25) is 5.95 Å². The van der Waals surface area contributed by atoms with Crippen molar-refractivity contribution in [2.24, 2.45) is 0 Å². The minimum atomic E-state index is -0.298. The minimum absolute atomic E-state index is 0.298. The second-order valence-electron chi connectivity index (χ2n) is 4.15. The summed E-state index contributed by atoms with van der Waals surface area (Å²) in [5, 5.41) is 3.03. The number of benzene rings is 1. The van der Waals surface area contributed by atoms with Crippen LogP contribution < -0.4 is 5.32 Å². The Morgan fingerprint density at radius 1 is 1.44 bits per heavy atom. The number of rotatable bonds is 4. The van der Waals surface area contributed by atoms with Gasteiger partial charge in [-0.15, -0.1) is 0 Å². The first-order valence-corrected chi connectivity index (χ1v) is 6.65. The second-order valence-corrected chi connectivity index (χ2v) is 5.06. The van der Waals surface area contributed by atoms with Gasteiger partial charge in [-0.2, -0.15) is 0 Å². The summed E-state index contributed by atoms with van der Waals surface area (Å²) in [6, 6.07) is 4.92. The summed E-state index contributed by atoms with van der Waals surface area (Å²) in [5.41, 5.74) is 1.35. The van der Waals surface area contributed by atoms with Gasteiger partial charge < -0.3 is 9.88 Å². The molecule has 2 aromatic rings. The van der Waals surface area contributed by atoms with Gasteiger partial charge >= 0.3 is 0 Å². The number of anilines is 2. The summed E-state index contributed by atoms with van der Waals surface area (Å²) in [6.07, 6.45) is 2.97. The zero-order valence-electron chi connectivity index (χ0n) is 10.4. The van der Waals surface area contributed by atoms with E-state index in [1.54, 1.807) is 12.1 Å². The maximum absolute atomic E-state index is 13.7. The molecule has 1 aromatic carbocycles. The lowest BCUT2D eigenvalue weighted by molar-refractivity contribution is 0.629. The number of imidazole rings is 1. The topological polar surface area (TPSA) is 29.9 Å². The molecular weight excluding hydrogens is 297 g/mol. The van der Waals surface area contributed by atoms with Crippen LogP contribution in [0.25, 0.3) is 0 Å². The van der Waals surface area contributed by atoms with Crippen LogP contribution >= 0.6 is 15.9 Å². The second kappa shape index (κ2) is 5.52. The molecule has 1 aromatic heterocycles. The first-order valence-electron chi connectivity index (χ1n) is 5.86. The van der Waals surface area contributed by atoms with E-state index < -0.39 is 0 Å². The van der Waals surface area contributed by atoms with Gasteiger partial charge in [0.25, 0.3) is 0 Å². The Labute approximate surface area is 114 Å². The van der Waals surface area contributed by atoms with E-state index in [9.17, 15) is 4.39 Å². The zero-order chi connectivity index (χ0) is 13.1. The van der Waals surface area contributed by atoms with E-state index in [0.29, 0.717) is 11.6 Å². The lowest BCUT2D eigenvalue weighted by Gasteiger charge is -2.09. The highest BCUT2D eigenvalue weighted by atomic mass is 79.9. The molecule has 0 spiro atoms. The molecule has 0 bridgehead atoms. The van der Waals surface area contributed by atoms with Crippen molar-refractivity contribution in [2.75, 3.05) is 5.32 Å². The monoisotopic (exact) mass is 311 g/mol. The number of aryl methyl sites for hydroxylation is 2. The standard InChI is InChI=1S/C13H15BrFN3/c1-3-6-18-8-9(2)16-13(18)17-12-5-4-10(14)7-11(12)15/h4-5,7-8H,3,6H2,1-2H3,(H,16,17). The molecule has 3 nitrogen and oxygen atoms in total. The normalized spacial score (nSPS) is 10.7. The molecule has 0 fully saturated rings. The average molecular weight is 312 g/mol. The summed E-state index contributed by atoms with van der Waals surface area (Å²) in [5.74, 6) is 0.378. The van der Waals surface area contributed by atoms with Gasteiger partial charge in [-0.1, -0.05) is 22.9 Å². The van der Waals surface area contributed by atoms with Crippen LogP contribution in [0.4, 0.5) is 16.0 Å². The van der Waals surface area contributed by atoms with E-state index in [-0.39, 0.29) is 5.82 Å². The number of nitrogens with one attached hydrogen (secondary N) is 1. The average Bonchev–Trinajstić information content (AvgIpc) is 2.64. The van der Waals surface area contributed by atoms with E-state index in [2.05, 4.69) is 33.2 Å². The molecule has 1 N–H and O–H groups in total. The van der Waals surface area contributed by atoms with Gasteiger partial charge in [0.05, 0.1) is 11.4 Å². The van der Waals surface area contributed by atoms with Crippen molar-refractivity contribution in [3.63, 3.8) is 0 Å². The molecule has 0 unspecified atom stereocenters. The fourth-order valence-electron chi connectivity index (χ4n) is 1.77. The van der Waals surface area contributed by atoms with Crippen LogP contribution in [0.15, 0.2) is 28.9 Å². The molecule has 0 aliphatic rings. The van der Waals surface area contributed by atoms with E-state index in [0.717, 1.165) is 23.1 Å². The summed E-state index contributed by atoms with van der Waals surface area (Å²) < 4.78 is 16.4. The lowest BCUT2D eigenvalue weighted by Crippen LogP contribution is -2.03. The summed E-state index contributed by atoms with van der Waals surface area (Å²) >= 11 is 3.24. The third-order valence-corrected chi connectivity index (χ3v) is 3.03. The smallest absolute Gasteiger partial charge is 0.207 e. The minimum Gasteiger partial charge on any atom is -0.323 e. The Balaban J connectivity index is 2.27. The largest absolute Gasteiger partial charge is 0.323 e. The highest BCUT2D eigenvalue weighted by molar-refractivity contribution is 9.10. The van der Waals surface area contributed by atoms with Crippen molar-refractivity contribution in [2.45, 2.75) is 26.8 Å². The van der Waals surface area contributed by atoms with Gasteiger partial charge in [0.15, 0.2) is 0 Å². The van der Waals surface area contributed by atoms with Crippen molar-refractivity contribution in [3.05, 3.63) is 40.4 Å². The molecule has 5 heteroatoms. The predicted molar refractivity (Wildman–Crippen MR) is 74.6 cm³/mol. The molecule has 96 valence electrons. The molecule has 18 heavy (non-hydrogen) atoms. The van der Waals surface area contributed by atoms with Crippen LogP contribution in [0.3, 0.4) is 0 Å². The van der Waals surface area contributed by atoms with Crippen LogP contribution in [0.1, 0.15) is 19.0 Å². The number of halogens is 2. The van der Waals surface area contributed by atoms with Crippen LogP contribution in [0.2, 0.25) is 0 Å². The molecule has 1 heterocycles. The first-order chi connectivity index (χ1) is 8.60. The number of nitrogens with zero attached hydrogens (tertiary/aromatic N) is 2. The van der Waals surface area contributed by atoms with Gasteiger partial charge in [0, 0.05) is 17.2 Å². The Morgan fingerprint density at radius 2 is 2.22 bits per heavy atom. The molecular formula is C13H15BrFN3. The van der Waals surface area contributed by atoms with Gasteiger partial charge in [-0.05, 0) is 31.5 Å². The molecule has 0 saturated heterocycles. The third-order valence-electron chi connectivity index (χ3n) is 2.54. The van der Waals surface area contributed by atoms with Gasteiger partial charge in [-0.3, -0.25) is 0 Å². The fraction of sp³-hybridized carbons (Fsp3) is 0.308. The van der Waals surface area contributed by atoms with Crippen LogP contribution in [-0.2, 0) is 6.54 Å². The quantitative estimate of drug-likeness (QED) is 0.915. The van der Waals surface area contributed by atoms with E-state index in [4.69, 9.17) is 0 Å². The van der Waals surface area contributed by atoms with Gasteiger partial charge in [-0.25, -0.2) is 9.37 Å². The highest BCUT2D eigenvalue weighted by Gasteiger charge is 2.08. The SMILES string of the molecule is CCCn1cc(C)nc1Nc1ccc(Br)cc1F. The predicted octanol–water partition coefficient (Wildman–Crippen LogP) is 4.25. The highest BCUT2D eigenvalue weighted by Crippen LogP contribution is 2.23. The van der Waals surface area contributed by atoms with Crippen molar-refractivity contribution in [3.8, 4) is 0 Å². The number of hydrogen-bond donors (Lipinski definition) is 1. The molecule has 2 rings (SSSR count). The van der Waals surface area contributed by atoms with Crippen molar-refractivity contribution < 1.29 is 4.39 Å².